The van der Waals surface area contributed by atoms with Gasteiger partial charge in [0.15, 0.2) is 0 Å². The number of anilines is 2. The van der Waals surface area contributed by atoms with Crippen LogP contribution in [0.1, 0.15) is 36.5 Å². The van der Waals surface area contributed by atoms with Gasteiger partial charge in [0.05, 0.1) is 4.90 Å². The molecule has 0 spiro atoms. The van der Waals surface area contributed by atoms with Crippen molar-refractivity contribution in [2.45, 2.75) is 37.1 Å². The molecule has 1 heterocycles. The molecule has 1 fully saturated rings. The summed E-state index contributed by atoms with van der Waals surface area (Å²) in [7, 11) is 0.376. The zero-order valence-electron chi connectivity index (χ0n) is 16.6. The third-order valence-corrected chi connectivity index (χ3v) is 7.13. The molecule has 150 valence electrons. The Kier molecular flexibility index (Phi) is 6.05. The van der Waals surface area contributed by atoms with E-state index in [-0.39, 0.29) is 16.8 Å². The molecule has 1 aliphatic heterocycles. The quantitative estimate of drug-likeness (QED) is 0.832. The zero-order valence-corrected chi connectivity index (χ0v) is 17.4. The Balaban J connectivity index is 1.72. The molecule has 0 aromatic heterocycles. The van der Waals surface area contributed by atoms with Gasteiger partial charge in [-0.05, 0) is 68.3 Å². The average molecular weight is 402 g/mol. The van der Waals surface area contributed by atoms with E-state index < -0.39 is 10.0 Å². The van der Waals surface area contributed by atoms with Gasteiger partial charge in [-0.1, -0.05) is 6.42 Å². The Labute approximate surface area is 167 Å². The fraction of sp³-hybridized carbons (Fsp3) is 0.381. The van der Waals surface area contributed by atoms with Gasteiger partial charge in [-0.25, -0.2) is 8.42 Å². The number of sulfonamides is 1. The highest BCUT2D eigenvalue weighted by Gasteiger charge is 2.30. The molecule has 1 aliphatic rings. The third kappa shape index (κ3) is 4.36. The van der Waals surface area contributed by atoms with Gasteiger partial charge in [-0.3, -0.25) is 4.79 Å². The van der Waals surface area contributed by atoms with Crippen LogP contribution in [0, 0.1) is 0 Å². The smallest absolute Gasteiger partial charge is 0.255 e. The third-order valence-electron chi connectivity index (χ3n) is 5.11. The van der Waals surface area contributed by atoms with Crippen molar-refractivity contribution >= 4 is 27.3 Å². The minimum atomic E-state index is -3.53. The van der Waals surface area contributed by atoms with Crippen LogP contribution in [-0.2, 0) is 10.0 Å². The number of carbonyl (C=O) groups is 1. The largest absolute Gasteiger partial charge is 0.378 e. The number of hydrogen-bond acceptors (Lipinski definition) is 4. The Bertz CT molecular complexity index is 922. The highest BCUT2D eigenvalue weighted by atomic mass is 32.2. The van der Waals surface area contributed by atoms with Crippen LogP contribution in [0.4, 0.5) is 11.4 Å². The van der Waals surface area contributed by atoms with E-state index in [2.05, 4.69) is 5.32 Å². The summed E-state index contributed by atoms with van der Waals surface area (Å²) in [4.78, 5) is 14.7. The average Bonchev–Trinajstić information content (AvgIpc) is 2.68. The monoisotopic (exact) mass is 401 g/mol. The van der Waals surface area contributed by atoms with Crippen molar-refractivity contribution in [3.8, 4) is 0 Å². The van der Waals surface area contributed by atoms with Crippen molar-refractivity contribution in [2.24, 2.45) is 0 Å². The fourth-order valence-electron chi connectivity index (χ4n) is 3.39. The first-order chi connectivity index (χ1) is 13.3. The Morgan fingerprint density at radius 3 is 2.25 bits per heavy atom. The molecule has 7 heteroatoms. The van der Waals surface area contributed by atoms with Gasteiger partial charge >= 0.3 is 0 Å². The molecule has 1 atom stereocenters. The molecule has 28 heavy (non-hydrogen) atoms. The predicted molar refractivity (Wildman–Crippen MR) is 112 cm³/mol. The Hall–Kier alpha value is -2.38. The van der Waals surface area contributed by atoms with Crippen LogP contribution in [0.2, 0.25) is 0 Å². The number of piperidine rings is 1. The van der Waals surface area contributed by atoms with E-state index >= 15 is 0 Å². The molecule has 1 amide bonds. The first kappa shape index (κ1) is 20.4. The number of carbonyl (C=O) groups excluding carboxylic acids is 1. The van der Waals surface area contributed by atoms with E-state index in [0.29, 0.717) is 17.8 Å². The lowest BCUT2D eigenvalue weighted by Gasteiger charge is -2.32. The maximum absolute atomic E-state index is 12.9. The van der Waals surface area contributed by atoms with E-state index in [1.165, 1.54) is 12.1 Å². The summed E-state index contributed by atoms with van der Waals surface area (Å²) in [5.74, 6) is -0.270. The summed E-state index contributed by atoms with van der Waals surface area (Å²) in [5, 5.41) is 2.84. The van der Waals surface area contributed by atoms with Gasteiger partial charge in [-0.15, -0.1) is 0 Å². The minimum absolute atomic E-state index is 0.00635. The highest BCUT2D eigenvalue weighted by molar-refractivity contribution is 7.89. The second-order valence-electron chi connectivity index (χ2n) is 7.38. The number of rotatable bonds is 5. The van der Waals surface area contributed by atoms with E-state index in [4.69, 9.17) is 0 Å². The highest BCUT2D eigenvalue weighted by Crippen LogP contribution is 2.25. The maximum Gasteiger partial charge on any atom is 0.255 e. The van der Waals surface area contributed by atoms with Crippen LogP contribution in [0.3, 0.4) is 0 Å². The summed E-state index contributed by atoms with van der Waals surface area (Å²) in [5.41, 5.74) is 2.15. The molecule has 2 aromatic carbocycles. The molecule has 0 aliphatic carbocycles. The fourth-order valence-corrected chi connectivity index (χ4v) is 5.09. The number of amides is 1. The molecule has 0 bridgehead atoms. The Morgan fingerprint density at radius 1 is 1.04 bits per heavy atom. The van der Waals surface area contributed by atoms with Crippen molar-refractivity contribution in [2.75, 3.05) is 30.9 Å². The molecule has 1 unspecified atom stereocenters. The second kappa shape index (κ2) is 8.32. The lowest BCUT2D eigenvalue weighted by molar-refractivity contribution is 0.102. The van der Waals surface area contributed by atoms with Crippen LogP contribution >= 0.6 is 0 Å². The van der Waals surface area contributed by atoms with Gasteiger partial charge in [0.25, 0.3) is 5.91 Å². The number of benzene rings is 2. The van der Waals surface area contributed by atoms with Gasteiger partial charge in [0, 0.05) is 43.6 Å². The lowest BCUT2D eigenvalue weighted by atomic mass is 10.1. The first-order valence-electron chi connectivity index (χ1n) is 9.49. The van der Waals surface area contributed by atoms with E-state index in [1.54, 1.807) is 16.4 Å². The molecule has 0 radical (unpaired) electrons. The van der Waals surface area contributed by atoms with Crippen LogP contribution in [0.5, 0.6) is 0 Å². The van der Waals surface area contributed by atoms with Crippen molar-refractivity contribution < 1.29 is 13.2 Å². The number of nitrogens with zero attached hydrogens (tertiary/aromatic N) is 2. The molecular formula is C21H27N3O3S. The summed E-state index contributed by atoms with van der Waals surface area (Å²) in [6.07, 6.45) is 2.82. The van der Waals surface area contributed by atoms with Crippen molar-refractivity contribution in [3.05, 3.63) is 54.1 Å². The second-order valence-corrected chi connectivity index (χ2v) is 9.27. The van der Waals surface area contributed by atoms with Gasteiger partial charge < -0.3 is 10.2 Å². The molecule has 0 saturated carbocycles. The standard InChI is InChI=1S/C21H27N3O3S/c1-16-6-4-5-15-24(16)28(26,27)20-13-7-17(8-14-20)21(25)22-18-9-11-19(12-10-18)23(2)3/h7-14,16H,4-6,15H2,1-3H3,(H,22,25). The summed E-state index contributed by atoms with van der Waals surface area (Å²) < 4.78 is 27.3. The molecular weight excluding hydrogens is 374 g/mol. The summed E-state index contributed by atoms with van der Waals surface area (Å²) >= 11 is 0. The zero-order chi connectivity index (χ0) is 20.3. The van der Waals surface area contributed by atoms with Crippen molar-refractivity contribution in [1.29, 1.82) is 0 Å². The van der Waals surface area contributed by atoms with Gasteiger partial charge in [0.2, 0.25) is 10.0 Å². The van der Waals surface area contributed by atoms with Gasteiger partial charge in [-0.2, -0.15) is 4.31 Å². The number of hydrogen-bond donors (Lipinski definition) is 1. The summed E-state index contributed by atoms with van der Waals surface area (Å²) in [6, 6.07) is 13.7. The van der Waals surface area contributed by atoms with Crippen LogP contribution in [-0.4, -0.2) is 45.3 Å². The SMILES string of the molecule is CC1CCCCN1S(=O)(=O)c1ccc(C(=O)Nc2ccc(N(C)C)cc2)cc1. The van der Waals surface area contributed by atoms with Crippen LogP contribution < -0.4 is 10.2 Å². The van der Waals surface area contributed by atoms with Crippen LogP contribution in [0.15, 0.2) is 53.4 Å². The summed E-state index contributed by atoms with van der Waals surface area (Å²) in [6.45, 7) is 2.49. The number of nitrogens with one attached hydrogen (secondary N) is 1. The topological polar surface area (TPSA) is 69.7 Å². The minimum Gasteiger partial charge on any atom is -0.378 e. The van der Waals surface area contributed by atoms with E-state index in [0.717, 1.165) is 24.9 Å². The predicted octanol–water partition coefficient (Wildman–Crippen LogP) is 3.57. The van der Waals surface area contributed by atoms with E-state index in [1.807, 2.05) is 50.2 Å². The van der Waals surface area contributed by atoms with Crippen LogP contribution in [0.25, 0.3) is 0 Å². The Morgan fingerprint density at radius 2 is 1.68 bits per heavy atom. The molecule has 3 rings (SSSR count). The normalized spacial score (nSPS) is 17.9. The molecule has 6 nitrogen and oxygen atoms in total. The van der Waals surface area contributed by atoms with Gasteiger partial charge in [0.1, 0.15) is 0 Å². The molecule has 1 saturated heterocycles. The van der Waals surface area contributed by atoms with Crippen molar-refractivity contribution in [3.63, 3.8) is 0 Å². The van der Waals surface area contributed by atoms with Crippen molar-refractivity contribution in [1.82, 2.24) is 4.31 Å². The molecule has 2 aromatic rings. The lowest BCUT2D eigenvalue weighted by Crippen LogP contribution is -2.41. The first-order valence-corrected chi connectivity index (χ1v) is 10.9. The molecule has 1 N–H and O–H groups in total. The maximum atomic E-state index is 12.9. The van der Waals surface area contributed by atoms with E-state index in [9.17, 15) is 13.2 Å².